The molecule has 138 valence electrons. The Balaban J connectivity index is 2.06. The number of thioether (sulfide) groups is 1. The first-order chi connectivity index (χ1) is 13.7. The number of anilines is 1. The van der Waals surface area contributed by atoms with E-state index in [0.717, 1.165) is 16.7 Å². The molecule has 0 radical (unpaired) electrons. The zero-order valence-electron chi connectivity index (χ0n) is 15.2. The lowest BCUT2D eigenvalue weighted by Crippen LogP contribution is -2.03. The number of ether oxygens (including phenoxy) is 1. The van der Waals surface area contributed by atoms with E-state index < -0.39 is 0 Å². The number of nitrogens with two attached hydrogens (primary N) is 1. The number of hydrogen-bond donors (Lipinski definition) is 1. The molecule has 0 bridgehead atoms. The molecule has 2 heterocycles. The van der Waals surface area contributed by atoms with Crippen LogP contribution in [-0.2, 0) is 17.1 Å². The third kappa shape index (κ3) is 4.12. The van der Waals surface area contributed by atoms with Crippen molar-refractivity contribution in [3.63, 3.8) is 0 Å². The lowest BCUT2D eigenvalue weighted by molar-refractivity contribution is 0.185. The summed E-state index contributed by atoms with van der Waals surface area (Å²) in [5, 5.41) is 19.9. The van der Waals surface area contributed by atoms with Crippen molar-refractivity contribution in [2.75, 3.05) is 12.8 Å². The van der Waals surface area contributed by atoms with E-state index in [1.807, 2.05) is 36.4 Å². The van der Waals surface area contributed by atoms with Crippen LogP contribution in [0.1, 0.15) is 22.3 Å². The first-order valence-corrected chi connectivity index (χ1v) is 9.40. The molecule has 3 aromatic rings. The Hall–Kier alpha value is -3.39. The molecule has 0 amide bonds. The summed E-state index contributed by atoms with van der Waals surface area (Å²) in [6.45, 7) is 0.487. The maximum Gasteiger partial charge on any atom is 0.143 e. The van der Waals surface area contributed by atoms with Gasteiger partial charge in [-0.05, 0) is 22.8 Å². The van der Waals surface area contributed by atoms with Crippen molar-refractivity contribution in [1.29, 1.82) is 10.5 Å². The van der Waals surface area contributed by atoms with Crippen molar-refractivity contribution in [3.8, 4) is 23.3 Å². The fourth-order valence-corrected chi connectivity index (χ4v) is 3.69. The van der Waals surface area contributed by atoms with E-state index >= 15 is 0 Å². The number of nitrogens with zero attached hydrogens (tertiary/aromatic N) is 4. The highest BCUT2D eigenvalue weighted by molar-refractivity contribution is 7.98. The monoisotopic (exact) mass is 387 g/mol. The van der Waals surface area contributed by atoms with E-state index in [1.54, 1.807) is 19.5 Å². The number of rotatable bonds is 6. The molecular formula is C21H17N5OS. The third-order valence-electron chi connectivity index (χ3n) is 4.07. The van der Waals surface area contributed by atoms with Crippen molar-refractivity contribution in [1.82, 2.24) is 9.97 Å². The van der Waals surface area contributed by atoms with E-state index in [-0.39, 0.29) is 11.4 Å². The van der Waals surface area contributed by atoms with Gasteiger partial charge in [-0.25, -0.2) is 4.98 Å². The summed E-state index contributed by atoms with van der Waals surface area (Å²) in [5.41, 5.74) is 9.86. The molecule has 1 aromatic carbocycles. The van der Waals surface area contributed by atoms with Crippen LogP contribution in [0.3, 0.4) is 0 Å². The normalized spacial score (nSPS) is 10.2. The summed E-state index contributed by atoms with van der Waals surface area (Å²) < 4.78 is 5.13. The summed E-state index contributed by atoms with van der Waals surface area (Å²) >= 11 is 1.40. The number of pyridine rings is 2. The zero-order chi connectivity index (χ0) is 19.9. The molecule has 0 saturated carbocycles. The highest BCUT2D eigenvalue weighted by atomic mass is 32.2. The topological polar surface area (TPSA) is 109 Å². The Labute approximate surface area is 167 Å². The molecule has 0 aliphatic heterocycles. The summed E-state index contributed by atoms with van der Waals surface area (Å²) in [4.78, 5) is 8.41. The molecule has 6 nitrogen and oxygen atoms in total. The molecule has 0 fully saturated rings. The molecule has 0 spiro atoms. The van der Waals surface area contributed by atoms with Gasteiger partial charge in [-0.15, -0.1) is 11.8 Å². The molecule has 28 heavy (non-hydrogen) atoms. The first-order valence-electron chi connectivity index (χ1n) is 8.41. The average Bonchev–Trinajstić information content (AvgIpc) is 2.73. The van der Waals surface area contributed by atoms with Crippen LogP contribution < -0.4 is 5.73 Å². The minimum Gasteiger partial charge on any atom is -0.383 e. The SMILES string of the molecule is COCc1ccc(-c2c(C#N)c(N)nc(SCc3cccnc3)c2C#N)cc1. The molecule has 0 saturated heterocycles. The number of benzene rings is 1. The van der Waals surface area contributed by atoms with Gasteiger partial charge in [0.15, 0.2) is 0 Å². The predicted molar refractivity (Wildman–Crippen MR) is 108 cm³/mol. The quantitative estimate of drug-likeness (QED) is 0.639. The fraction of sp³-hybridized carbons (Fsp3) is 0.143. The van der Waals surface area contributed by atoms with Crippen LogP contribution in [0, 0.1) is 22.7 Å². The Morgan fingerprint density at radius 3 is 2.43 bits per heavy atom. The number of hydrogen-bond acceptors (Lipinski definition) is 7. The van der Waals surface area contributed by atoms with Crippen LogP contribution in [0.5, 0.6) is 0 Å². The number of methoxy groups -OCH3 is 1. The molecule has 0 unspecified atom stereocenters. The highest BCUT2D eigenvalue weighted by Gasteiger charge is 2.20. The van der Waals surface area contributed by atoms with Crippen LogP contribution in [0.2, 0.25) is 0 Å². The third-order valence-corrected chi connectivity index (χ3v) is 5.11. The van der Waals surface area contributed by atoms with Crippen molar-refractivity contribution in [3.05, 3.63) is 71.0 Å². The summed E-state index contributed by atoms with van der Waals surface area (Å²) in [5.74, 6) is 0.707. The van der Waals surface area contributed by atoms with Crippen LogP contribution >= 0.6 is 11.8 Å². The van der Waals surface area contributed by atoms with Gasteiger partial charge in [0.25, 0.3) is 0 Å². The second-order valence-electron chi connectivity index (χ2n) is 5.93. The average molecular weight is 387 g/mol. The fourth-order valence-electron chi connectivity index (χ4n) is 2.76. The number of aromatic nitrogens is 2. The molecule has 3 rings (SSSR count). The Kier molecular flexibility index (Phi) is 6.23. The van der Waals surface area contributed by atoms with Crippen LogP contribution in [0.4, 0.5) is 5.82 Å². The van der Waals surface area contributed by atoms with Crippen molar-refractivity contribution >= 4 is 17.6 Å². The number of nitrogen functional groups attached to an aromatic ring is 1. The van der Waals surface area contributed by atoms with Crippen molar-refractivity contribution in [2.24, 2.45) is 0 Å². The Morgan fingerprint density at radius 1 is 1.07 bits per heavy atom. The lowest BCUT2D eigenvalue weighted by Gasteiger charge is -2.13. The van der Waals surface area contributed by atoms with Gasteiger partial charge < -0.3 is 10.5 Å². The van der Waals surface area contributed by atoms with Gasteiger partial charge in [-0.1, -0.05) is 30.3 Å². The van der Waals surface area contributed by atoms with Gasteiger partial charge in [-0.3, -0.25) is 4.98 Å². The van der Waals surface area contributed by atoms with Crippen molar-refractivity contribution < 1.29 is 4.74 Å². The summed E-state index contributed by atoms with van der Waals surface area (Å²) in [7, 11) is 1.63. The highest BCUT2D eigenvalue weighted by Crippen LogP contribution is 2.36. The minimum atomic E-state index is 0.117. The van der Waals surface area contributed by atoms with Gasteiger partial charge in [0.05, 0.1) is 12.2 Å². The standard InChI is InChI=1S/C21H17N5OS/c1-27-12-14-4-6-16(7-5-14)19-17(9-22)20(24)26-21(18(19)10-23)28-13-15-3-2-8-25-11-15/h2-8,11H,12-13H2,1H3,(H2,24,26). The van der Waals surface area contributed by atoms with E-state index in [2.05, 4.69) is 22.1 Å². The van der Waals surface area contributed by atoms with Gasteiger partial charge in [0.1, 0.15) is 28.5 Å². The number of nitriles is 2. The zero-order valence-corrected chi connectivity index (χ0v) is 16.0. The maximum atomic E-state index is 9.82. The van der Waals surface area contributed by atoms with E-state index in [9.17, 15) is 10.5 Å². The molecule has 0 atom stereocenters. The van der Waals surface area contributed by atoms with Crippen molar-refractivity contribution in [2.45, 2.75) is 17.4 Å². The molecule has 0 aliphatic rings. The second-order valence-corrected chi connectivity index (χ2v) is 6.89. The Bertz CT molecular complexity index is 1050. The molecule has 0 aliphatic carbocycles. The minimum absolute atomic E-state index is 0.117. The van der Waals surface area contributed by atoms with Gasteiger partial charge in [0, 0.05) is 30.8 Å². The van der Waals surface area contributed by atoms with E-state index in [0.29, 0.717) is 28.5 Å². The molecule has 7 heteroatoms. The van der Waals surface area contributed by atoms with E-state index in [1.165, 1.54) is 11.8 Å². The largest absolute Gasteiger partial charge is 0.383 e. The van der Waals surface area contributed by atoms with E-state index in [4.69, 9.17) is 10.5 Å². The molecule has 2 N–H and O–H groups in total. The lowest BCUT2D eigenvalue weighted by atomic mass is 9.96. The second kappa shape index (κ2) is 9.01. The van der Waals surface area contributed by atoms with Gasteiger partial charge in [-0.2, -0.15) is 10.5 Å². The Morgan fingerprint density at radius 2 is 1.82 bits per heavy atom. The molecule has 2 aromatic heterocycles. The van der Waals surface area contributed by atoms with Gasteiger partial charge >= 0.3 is 0 Å². The molecular weight excluding hydrogens is 370 g/mol. The smallest absolute Gasteiger partial charge is 0.143 e. The van der Waals surface area contributed by atoms with Crippen LogP contribution in [0.15, 0.2) is 53.8 Å². The first kappa shape index (κ1) is 19.4. The summed E-state index contributed by atoms with van der Waals surface area (Å²) in [6, 6.07) is 15.6. The van der Waals surface area contributed by atoms with Crippen LogP contribution in [-0.4, -0.2) is 17.1 Å². The summed E-state index contributed by atoms with van der Waals surface area (Å²) in [6.07, 6.45) is 3.47. The van der Waals surface area contributed by atoms with Crippen LogP contribution in [0.25, 0.3) is 11.1 Å². The van der Waals surface area contributed by atoms with Gasteiger partial charge in [0.2, 0.25) is 0 Å². The predicted octanol–water partition coefficient (Wildman–Crippen LogP) is 3.91. The maximum absolute atomic E-state index is 9.82.